The number of aromatic hydroxyl groups is 1. The Morgan fingerprint density at radius 1 is 1.18 bits per heavy atom. The van der Waals surface area contributed by atoms with Crippen LogP contribution in [0.3, 0.4) is 0 Å². The van der Waals surface area contributed by atoms with Gasteiger partial charge >= 0.3 is 5.97 Å². The molecule has 33 heavy (non-hydrogen) atoms. The number of carbonyl (C=O) groups is 2. The van der Waals surface area contributed by atoms with E-state index in [1.54, 1.807) is 18.2 Å². The number of Topliss-reactive ketones (excluding diaryl/α,β-unsaturated/α-hetero) is 1. The molecular formula is C27H28ClNO4. The van der Waals surface area contributed by atoms with Gasteiger partial charge in [-0.15, -0.1) is 0 Å². The van der Waals surface area contributed by atoms with Gasteiger partial charge in [-0.1, -0.05) is 42.8 Å². The lowest BCUT2D eigenvalue weighted by molar-refractivity contribution is -0.144. The zero-order chi connectivity index (χ0) is 23.7. The van der Waals surface area contributed by atoms with Gasteiger partial charge < -0.3 is 15.2 Å². The van der Waals surface area contributed by atoms with Crippen LogP contribution in [0, 0.1) is 0 Å². The molecule has 2 aliphatic rings. The lowest BCUT2D eigenvalue weighted by atomic mass is 9.71. The zero-order valence-corrected chi connectivity index (χ0v) is 19.8. The van der Waals surface area contributed by atoms with Crippen molar-refractivity contribution in [1.82, 2.24) is 5.32 Å². The summed E-state index contributed by atoms with van der Waals surface area (Å²) in [5.74, 6) is -0.945. The molecule has 2 aromatic rings. The van der Waals surface area contributed by atoms with Crippen molar-refractivity contribution in [3.05, 3.63) is 87.2 Å². The minimum atomic E-state index is -0.594. The molecule has 0 fully saturated rings. The van der Waals surface area contributed by atoms with Crippen molar-refractivity contribution in [2.24, 2.45) is 0 Å². The first-order chi connectivity index (χ1) is 15.8. The average molecular weight is 466 g/mol. The second-order valence-electron chi connectivity index (χ2n) is 8.79. The maximum absolute atomic E-state index is 13.5. The molecule has 2 N–H and O–H groups in total. The van der Waals surface area contributed by atoms with E-state index in [1.807, 2.05) is 51.1 Å². The van der Waals surface area contributed by atoms with Crippen molar-refractivity contribution in [3.8, 4) is 5.75 Å². The molecule has 1 aliphatic carbocycles. The third kappa shape index (κ3) is 4.69. The van der Waals surface area contributed by atoms with E-state index in [4.69, 9.17) is 16.3 Å². The molecule has 172 valence electrons. The van der Waals surface area contributed by atoms with Gasteiger partial charge in [0, 0.05) is 34.3 Å². The van der Waals surface area contributed by atoms with Gasteiger partial charge in [0.2, 0.25) is 0 Å². The van der Waals surface area contributed by atoms with E-state index in [1.165, 1.54) is 0 Å². The van der Waals surface area contributed by atoms with Gasteiger partial charge in [-0.05, 0) is 68.0 Å². The third-order valence-electron chi connectivity index (χ3n) is 6.48. The zero-order valence-electron chi connectivity index (χ0n) is 19.0. The molecule has 4 rings (SSSR count). The highest BCUT2D eigenvalue weighted by Gasteiger charge is 2.41. The molecule has 5 nitrogen and oxygen atoms in total. The Kier molecular flexibility index (Phi) is 6.61. The van der Waals surface area contributed by atoms with Gasteiger partial charge in [0.05, 0.1) is 11.7 Å². The predicted octanol–water partition coefficient (Wildman–Crippen LogP) is 5.75. The molecular weight excluding hydrogens is 438 g/mol. The molecule has 2 aromatic carbocycles. The minimum absolute atomic E-state index is 0.0154. The summed E-state index contributed by atoms with van der Waals surface area (Å²) >= 11 is 6.04. The van der Waals surface area contributed by atoms with E-state index in [0.717, 1.165) is 11.3 Å². The number of ether oxygens (including phenoxy) is 1. The van der Waals surface area contributed by atoms with Crippen LogP contribution in [0.1, 0.15) is 63.0 Å². The number of allylic oxidation sites excluding steroid dienone is 3. The van der Waals surface area contributed by atoms with Gasteiger partial charge in [0.15, 0.2) is 5.78 Å². The van der Waals surface area contributed by atoms with Crippen molar-refractivity contribution < 1.29 is 19.4 Å². The number of phenols is 1. The summed E-state index contributed by atoms with van der Waals surface area (Å²) in [6.07, 6.45) is 1.43. The number of rotatable bonds is 5. The number of hydrogen-bond donors (Lipinski definition) is 2. The Morgan fingerprint density at radius 2 is 1.91 bits per heavy atom. The van der Waals surface area contributed by atoms with Crippen molar-refractivity contribution in [1.29, 1.82) is 0 Å². The number of carbonyl (C=O) groups excluding carboxylic acids is 2. The highest BCUT2D eigenvalue weighted by atomic mass is 35.5. The van der Waals surface area contributed by atoms with Gasteiger partial charge in [0.1, 0.15) is 5.75 Å². The summed E-state index contributed by atoms with van der Waals surface area (Å²) in [4.78, 5) is 26.8. The largest absolute Gasteiger partial charge is 0.508 e. The highest BCUT2D eigenvalue weighted by molar-refractivity contribution is 6.30. The number of benzene rings is 2. The van der Waals surface area contributed by atoms with E-state index in [2.05, 4.69) is 5.32 Å². The average Bonchev–Trinajstić information content (AvgIpc) is 2.78. The van der Waals surface area contributed by atoms with Crippen LogP contribution in [0.2, 0.25) is 5.02 Å². The minimum Gasteiger partial charge on any atom is -0.508 e. The number of nitrogens with one attached hydrogen (secondary N) is 1. The van der Waals surface area contributed by atoms with E-state index in [9.17, 15) is 14.7 Å². The normalized spacial score (nSPS) is 21.4. The Balaban J connectivity index is 1.78. The molecule has 0 radical (unpaired) electrons. The summed E-state index contributed by atoms with van der Waals surface area (Å²) in [5.41, 5.74) is 4.22. The van der Waals surface area contributed by atoms with Gasteiger partial charge in [-0.3, -0.25) is 4.79 Å². The van der Waals surface area contributed by atoms with Crippen LogP contribution in [0.15, 0.2) is 71.1 Å². The van der Waals surface area contributed by atoms with Crippen molar-refractivity contribution in [3.63, 3.8) is 0 Å². The molecule has 1 heterocycles. The second-order valence-corrected chi connectivity index (χ2v) is 9.22. The van der Waals surface area contributed by atoms with Gasteiger partial charge in [-0.2, -0.15) is 0 Å². The Labute approximate surface area is 199 Å². The Morgan fingerprint density at radius 3 is 2.58 bits per heavy atom. The van der Waals surface area contributed by atoms with Crippen LogP contribution < -0.4 is 5.32 Å². The number of hydrogen-bond acceptors (Lipinski definition) is 5. The first-order valence-corrected chi connectivity index (χ1v) is 11.7. The first-order valence-electron chi connectivity index (χ1n) is 11.3. The third-order valence-corrected chi connectivity index (χ3v) is 6.73. The maximum atomic E-state index is 13.5. The summed E-state index contributed by atoms with van der Waals surface area (Å²) in [6, 6.07) is 14.3. The molecule has 0 saturated heterocycles. The predicted molar refractivity (Wildman–Crippen MR) is 128 cm³/mol. The van der Waals surface area contributed by atoms with E-state index in [0.29, 0.717) is 46.7 Å². The SMILES string of the molecule is CC[C@H](C)OC(=O)C1=C(C)NC2=C(C(=O)C[C@@H](c3ccc(Cl)cc3)C2)[C@H]1c1cccc(O)c1. The molecule has 0 unspecified atom stereocenters. The number of esters is 1. The van der Waals surface area contributed by atoms with Gasteiger partial charge in [0.25, 0.3) is 0 Å². The van der Waals surface area contributed by atoms with Crippen LogP contribution in [0.5, 0.6) is 5.75 Å². The van der Waals surface area contributed by atoms with Crippen LogP contribution in [0.4, 0.5) is 0 Å². The lowest BCUT2D eigenvalue weighted by Gasteiger charge is -2.37. The lowest BCUT2D eigenvalue weighted by Crippen LogP contribution is -2.36. The maximum Gasteiger partial charge on any atom is 0.337 e. The molecule has 3 atom stereocenters. The number of ketones is 1. The van der Waals surface area contributed by atoms with E-state index >= 15 is 0 Å². The fourth-order valence-electron chi connectivity index (χ4n) is 4.65. The van der Waals surface area contributed by atoms with E-state index < -0.39 is 11.9 Å². The van der Waals surface area contributed by atoms with Crippen molar-refractivity contribution in [2.45, 2.75) is 58.0 Å². The number of dihydropyridines is 1. The summed E-state index contributed by atoms with van der Waals surface area (Å²) < 4.78 is 5.66. The fraction of sp³-hybridized carbons (Fsp3) is 0.333. The smallest absolute Gasteiger partial charge is 0.337 e. The summed E-state index contributed by atoms with van der Waals surface area (Å²) in [6.45, 7) is 5.64. The highest BCUT2D eigenvalue weighted by Crippen LogP contribution is 2.46. The van der Waals surface area contributed by atoms with Crippen LogP contribution in [-0.2, 0) is 14.3 Å². The molecule has 0 bridgehead atoms. The van der Waals surface area contributed by atoms with E-state index in [-0.39, 0.29) is 23.6 Å². The van der Waals surface area contributed by atoms with Crippen molar-refractivity contribution in [2.75, 3.05) is 0 Å². The molecule has 0 aromatic heterocycles. The van der Waals surface area contributed by atoms with Crippen LogP contribution in [-0.4, -0.2) is 23.0 Å². The van der Waals surface area contributed by atoms with Gasteiger partial charge in [-0.25, -0.2) is 4.79 Å². The topological polar surface area (TPSA) is 75.6 Å². The first kappa shape index (κ1) is 23.1. The molecule has 6 heteroatoms. The second kappa shape index (κ2) is 9.44. The number of phenolic OH excluding ortho intramolecular Hbond substituents is 1. The summed E-state index contributed by atoms with van der Waals surface area (Å²) in [7, 11) is 0. The quantitative estimate of drug-likeness (QED) is 0.550. The van der Waals surface area contributed by atoms with Crippen LogP contribution in [0.25, 0.3) is 0 Å². The molecule has 0 saturated carbocycles. The summed E-state index contributed by atoms with van der Waals surface area (Å²) in [5, 5.41) is 14.1. The Hall–Kier alpha value is -3.05. The molecule has 0 spiro atoms. The fourth-order valence-corrected chi connectivity index (χ4v) is 4.77. The molecule has 0 amide bonds. The van der Waals surface area contributed by atoms with Crippen molar-refractivity contribution >= 4 is 23.4 Å². The monoisotopic (exact) mass is 465 g/mol. The molecule has 1 aliphatic heterocycles. The Bertz CT molecular complexity index is 1150. The van der Waals surface area contributed by atoms with Crippen LogP contribution >= 0.6 is 11.6 Å². The standard InChI is InChI=1S/C27H28ClNO4/c1-4-15(2)33-27(32)24-16(3)29-22-13-19(17-8-10-20(28)11-9-17)14-23(31)26(22)25(24)18-6-5-7-21(30)12-18/h5-12,15,19,25,29-30H,4,13-14H2,1-3H3/t15-,19-,25-/m0/s1. The number of halogens is 1.